The number of nitrogens with zero attached hydrogens (tertiary/aromatic N) is 4. The molecule has 144 valence electrons. The van der Waals surface area contributed by atoms with Crippen LogP contribution >= 0.6 is 0 Å². The fourth-order valence-corrected chi connectivity index (χ4v) is 4.55. The van der Waals surface area contributed by atoms with E-state index in [0.29, 0.717) is 17.7 Å². The summed E-state index contributed by atoms with van der Waals surface area (Å²) in [5.41, 5.74) is 1.76. The summed E-state index contributed by atoms with van der Waals surface area (Å²) in [4.78, 5) is 31.2. The van der Waals surface area contributed by atoms with Gasteiger partial charge in [-0.2, -0.15) is 0 Å². The lowest BCUT2D eigenvalue weighted by molar-refractivity contribution is -0.134. The Hall–Kier alpha value is -2.24. The molecule has 0 spiro atoms. The lowest BCUT2D eigenvalue weighted by atomic mass is 9.86. The van der Waals surface area contributed by atoms with Crippen molar-refractivity contribution in [3.8, 4) is 11.5 Å². The number of carbonyl (C=O) groups is 1. The average molecular weight is 367 g/mol. The molecule has 2 fully saturated rings. The molecular weight excluding hydrogens is 338 g/mol. The molecule has 2 aromatic rings. The summed E-state index contributed by atoms with van der Waals surface area (Å²) in [6, 6.07) is 0. The van der Waals surface area contributed by atoms with Crippen LogP contribution in [0.2, 0.25) is 0 Å². The summed E-state index contributed by atoms with van der Waals surface area (Å²) < 4.78 is 0. The van der Waals surface area contributed by atoms with Gasteiger partial charge in [0.05, 0.1) is 11.9 Å². The molecule has 6 nitrogen and oxygen atoms in total. The van der Waals surface area contributed by atoms with Gasteiger partial charge in [-0.1, -0.05) is 19.3 Å². The number of imidazole rings is 1. The number of piperidine rings is 1. The molecular formula is C21H29N5O. The number of hydrogen-bond donors (Lipinski definition) is 1. The normalized spacial score (nSPS) is 21.3. The molecule has 4 rings (SSSR count). The Kier molecular flexibility index (Phi) is 5.80. The topological polar surface area (TPSA) is 74.8 Å². The first kappa shape index (κ1) is 18.1. The maximum atomic E-state index is 12.8. The standard InChI is InChI=1S/C21H29N5O/c27-20(12-16-5-2-1-3-6-16)26-10-4-7-17(15-26)11-18-13-22-14-19(25-18)21-23-8-9-24-21/h8-9,13-14,16-17H,1-7,10-12,15H2,(H,23,24)/t17-/m0/s1. The molecule has 0 radical (unpaired) electrons. The summed E-state index contributed by atoms with van der Waals surface area (Å²) in [6.07, 6.45) is 17.4. The fraction of sp³-hybridized carbons (Fsp3) is 0.619. The molecule has 2 aromatic heterocycles. The van der Waals surface area contributed by atoms with E-state index >= 15 is 0 Å². The van der Waals surface area contributed by atoms with E-state index in [9.17, 15) is 4.79 Å². The first-order chi connectivity index (χ1) is 13.3. The van der Waals surface area contributed by atoms with E-state index in [2.05, 4.69) is 19.9 Å². The smallest absolute Gasteiger partial charge is 0.222 e. The van der Waals surface area contributed by atoms with Crippen molar-refractivity contribution < 1.29 is 4.79 Å². The molecule has 2 aliphatic rings. The molecule has 1 aliphatic carbocycles. The molecule has 1 saturated carbocycles. The van der Waals surface area contributed by atoms with Crippen LogP contribution in [0.3, 0.4) is 0 Å². The van der Waals surface area contributed by atoms with Crippen molar-refractivity contribution in [2.45, 2.75) is 57.8 Å². The number of hydrogen-bond acceptors (Lipinski definition) is 4. The van der Waals surface area contributed by atoms with Gasteiger partial charge >= 0.3 is 0 Å². The highest BCUT2D eigenvalue weighted by molar-refractivity contribution is 5.76. The zero-order chi connectivity index (χ0) is 18.5. The minimum Gasteiger partial charge on any atom is -0.343 e. The minimum atomic E-state index is 0.363. The van der Waals surface area contributed by atoms with Gasteiger partial charge in [0.2, 0.25) is 5.91 Å². The van der Waals surface area contributed by atoms with Crippen LogP contribution in [-0.2, 0) is 11.2 Å². The molecule has 1 atom stereocenters. The third-order valence-corrected chi connectivity index (χ3v) is 5.98. The number of likely N-dealkylation sites (tertiary alicyclic amines) is 1. The summed E-state index contributed by atoms with van der Waals surface area (Å²) >= 11 is 0. The molecule has 0 bridgehead atoms. The fourth-order valence-electron chi connectivity index (χ4n) is 4.55. The van der Waals surface area contributed by atoms with E-state index in [0.717, 1.165) is 56.0 Å². The van der Waals surface area contributed by atoms with Gasteiger partial charge in [-0.25, -0.2) is 9.97 Å². The van der Waals surface area contributed by atoms with E-state index in [-0.39, 0.29) is 0 Å². The Morgan fingerprint density at radius 2 is 1.96 bits per heavy atom. The third kappa shape index (κ3) is 4.73. The van der Waals surface area contributed by atoms with Gasteiger partial charge in [-0.15, -0.1) is 0 Å². The van der Waals surface area contributed by atoms with E-state index in [1.165, 1.54) is 32.1 Å². The van der Waals surface area contributed by atoms with Crippen molar-refractivity contribution in [1.29, 1.82) is 0 Å². The van der Waals surface area contributed by atoms with Crippen LogP contribution < -0.4 is 0 Å². The number of amides is 1. The van der Waals surface area contributed by atoms with Crippen molar-refractivity contribution in [2.75, 3.05) is 13.1 Å². The molecule has 0 unspecified atom stereocenters. The van der Waals surface area contributed by atoms with Gasteiger partial charge in [0.25, 0.3) is 0 Å². The van der Waals surface area contributed by atoms with E-state index in [1.54, 1.807) is 18.6 Å². The Morgan fingerprint density at radius 1 is 1.11 bits per heavy atom. The highest BCUT2D eigenvalue weighted by atomic mass is 16.2. The van der Waals surface area contributed by atoms with E-state index in [4.69, 9.17) is 4.98 Å². The Balaban J connectivity index is 1.34. The van der Waals surface area contributed by atoms with Crippen LogP contribution in [0.4, 0.5) is 0 Å². The molecule has 0 aromatic carbocycles. The monoisotopic (exact) mass is 367 g/mol. The highest BCUT2D eigenvalue weighted by Crippen LogP contribution is 2.28. The van der Waals surface area contributed by atoms with Gasteiger partial charge < -0.3 is 9.88 Å². The molecule has 1 amide bonds. The maximum Gasteiger partial charge on any atom is 0.222 e. The zero-order valence-electron chi connectivity index (χ0n) is 15.9. The van der Waals surface area contributed by atoms with Crippen LogP contribution in [0.5, 0.6) is 0 Å². The maximum absolute atomic E-state index is 12.8. The number of carbonyl (C=O) groups excluding carboxylic acids is 1. The molecule has 6 heteroatoms. The van der Waals surface area contributed by atoms with Crippen LogP contribution in [-0.4, -0.2) is 43.8 Å². The lowest BCUT2D eigenvalue weighted by Crippen LogP contribution is -2.41. The van der Waals surface area contributed by atoms with Gasteiger partial charge in [0.15, 0.2) is 5.82 Å². The van der Waals surface area contributed by atoms with Crippen LogP contribution in [0.15, 0.2) is 24.8 Å². The van der Waals surface area contributed by atoms with E-state index < -0.39 is 0 Å². The number of aromatic amines is 1. The molecule has 3 heterocycles. The second-order valence-electron chi connectivity index (χ2n) is 8.09. The first-order valence-corrected chi connectivity index (χ1v) is 10.4. The highest BCUT2D eigenvalue weighted by Gasteiger charge is 2.26. The van der Waals surface area contributed by atoms with Crippen LogP contribution in [0, 0.1) is 11.8 Å². The largest absolute Gasteiger partial charge is 0.343 e. The van der Waals surface area contributed by atoms with Gasteiger partial charge in [0.1, 0.15) is 5.69 Å². The first-order valence-electron chi connectivity index (χ1n) is 10.4. The molecule has 1 aliphatic heterocycles. The molecule has 1 saturated heterocycles. The average Bonchev–Trinajstić information content (AvgIpc) is 3.24. The number of aromatic nitrogens is 4. The van der Waals surface area contributed by atoms with Gasteiger partial charge in [-0.3, -0.25) is 9.78 Å². The summed E-state index contributed by atoms with van der Waals surface area (Å²) in [6.45, 7) is 1.78. The molecule has 27 heavy (non-hydrogen) atoms. The van der Waals surface area contributed by atoms with E-state index in [1.807, 2.05) is 6.20 Å². The number of H-pyrrole nitrogens is 1. The number of rotatable bonds is 5. The summed E-state index contributed by atoms with van der Waals surface area (Å²) in [5, 5.41) is 0. The van der Waals surface area contributed by atoms with Crippen LogP contribution in [0.25, 0.3) is 11.5 Å². The Labute approximate surface area is 160 Å². The predicted octanol–water partition coefficient (Wildman–Crippen LogP) is 3.62. The Morgan fingerprint density at radius 3 is 2.78 bits per heavy atom. The second-order valence-corrected chi connectivity index (χ2v) is 8.09. The quantitative estimate of drug-likeness (QED) is 0.876. The lowest BCUT2D eigenvalue weighted by Gasteiger charge is -2.34. The SMILES string of the molecule is O=C(CC1CCCCC1)N1CCC[C@@H](Cc2cncc(-c3ncc[nH]3)n2)C1. The number of nitrogens with one attached hydrogen (secondary N) is 1. The summed E-state index contributed by atoms with van der Waals surface area (Å²) in [7, 11) is 0. The van der Waals surface area contributed by atoms with Crippen LogP contribution in [0.1, 0.15) is 57.1 Å². The van der Waals surface area contributed by atoms with Crippen molar-refractivity contribution in [3.05, 3.63) is 30.5 Å². The Bertz CT molecular complexity index is 739. The van der Waals surface area contributed by atoms with Crippen molar-refractivity contribution in [1.82, 2.24) is 24.8 Å². The second kappa shape index (κ2) is 8.63. The van der Waals surface area contributed by atoms with Crippen molar-refractivity contribution in [3.63, 3.8) is 0 Å². The van der Waals surface area contributed by atoms with Crippen molar-refractivity contribution >= 4 is 5.91 Å². The predicted molar refractivity (Wildman–Crippen MR) is 104 cm³/mol. The zero-order valence-corrected chi connectivity index (χ0v) is 15.9. The minimum absolute atomic E-state index is 0.363. The third-order valence-electron chi connectivity index (χ3n) is 5.98. The summed E-state index contributed by atoms with van der Waals surface area (Å²) in [5.74, 6) is 2.19. The molecule has 1 N–H and O–H groups in total. The van der Waals surface area contributed by atoms with Gasteiger partial charge in [-0.05, 0) is 43.9 Å². The van der Waals surface area contributed by atoms with Crippen molar-refractivity contribution in [2.24, 2.45) is 11.8 Å². The van der Waals surface area contributed by atoms with Gasteiger partial charge in [0, 0.05) is 38.1 Å².